The fourth-order valence-corrected chi connectivity index (χ4v) is 3.73. The molecule has 0 bridgehead atoms. The Morgan fingerprint density at radius 1 is 1.42 bits per heavy atom. The minimum Gasteiger partial charge on any atom is -0.309 e. The average Bonchev–Trinajstić information content (AvgIpc) is 2.93. The number of nitrogens with zero attached hydrogens (tertiary/aromatic N) is 2. The van der Waals surface area contributed by atoms with Crippen molar-refractivity contribution in [2.45, 2.75) is 57.6 Å². The van der Waals surface area contributed by atoms with E-state index in [0.717, 1.165) is 11.5 Å². The Morgan fingerprint density at radius 2 is 2.26 bits per heavy atom. The summed E-state index contributed by atoms with van der Waals surface area (Å²) in [5.74, 6) is 1.17. The Bertz CT molecular complexity index is 502. The number of imidazole rings is 1. The number of unbranched alkanes of at least 4 members (excludes halogenated alkanes) is 2. The maximum atomic E-state index is 4.75. The molecule has 0 amide bonds. The highest BCUT2D eigenvalue weighted by Gasteiger charge is 2.13. The highest BCUT2D eigenvalue weighted by Crippen LogP contribution is 2.26. The van der Waals surface area contributed by atoms with Crippen LogP contribution in [0.15, 0.2) is 16.6 Å². The molecule has 0 aromatic carbocycles. The summed E-state index contributed by atoms with van der Waals surface area (Å²) in [6.45, 7) is 7.50. The van der Waals surface area contributed by atoms with Crippen LogP contribution in [-0.4, -0.2) is 21.2 Å². The number of thioether (sulfide) groups is 1. The predicted octanol–water partition coefficient (Wildman–Crippen LogP) is 4.18. The zero-order chi connectivity index (χ0) is 13.7. The van der Waals surface area contributed by atoms with E-state index < -0.39 is 0 Å². The third kappa shape index (κ3) is 3.97. The van der Waals surface area contributed by atoms with Gasteiger partial charge in [0.1, 0.15) is 5.03 Å². The van der Waals surface area contributed by atoms with Gasteiger partial charge in [0.25, 0.3) is 0 Å². The molecular formula is C14H23N3S2. The number of hydrogen-bond donors (Lipinski definition) is 1. The molecule has 106 valence electrons. The van der Waals surface area contributed by atoms with Gasteiger partial charge in [0.2, 0.25) is 0 Å². The second kappa shape index (κ2) is 7.31. The molecule has 0 aliphatic carbocycles. The largest absolute Gasteiger partial charge is 0.309 e. The molecule has 2 rings (SSSR count). The molecule has 0 saturated heterocycles. The molecule has 5 heteroatoms. The molecule has 0 fully saturated rings. The molecule has 0 saturated carbocycles. The molecule has 2 aromatic rings. The van der Waals surface area contributed by atoms with Gasteiger partial charge in [0, 0.05) is 24.2 Å². The van der Waals surface area contributed by atoms with Gasteiger partial charge in [-0.2, -0.15) is 0 Å². The van der Waals surface area contributed by atoms with Crippen LogP contribution in [0.2, 0.25) is 0 Å². The van der Waals surface area contributed by atoms with E-state index in [1.165, 1.54) is 35.7 Å². The van der Waals surface area contributed by atoms with E-state index in [9.17, 15) is 0 Å². The summed E-state index contributed by atoms with van der Waals surface area (Å²) in [7, 11) is 0. The SMILES string of the molecule is CCCCCSc1nc2sccn2c1CNC(C)C. The van der Waals surface area contributed by atoms with Gasteiger partial charge in [-0.25, -0.2) is 4.98 Å². The van der Waals surface area contributed by atoms with Crippen molar-refractivity contribution >= 4 is 28.1 Å². The van der Waals surface area contributed by atoms with E-state index in [-0.39, 0.29) is 0 Å². The van der Waals surface area contributed by atoms with Crippen LogP contribution in [-0.2, 0) is 6.54 Å². The molecule has 0 aliphatic heterocycles. The van der Waals surface area contributed by atoms with E-state index in [2.05, 4.69) is 42.1 Å². The van der Waals surface area contributed by atoms with Crippen LogP contribution in [0.4, 0.5) is 0 Å². The minimum atomic E-state index is 0.502. The Hall–Kier alpha value is -0.520. The molecule has 0 aliphatic rings. The van der Waals surface area contributed by atoms with E-state index in [1.807, 2.05) is 11.8 Å². The van der Waals surface area contributed by atoms with Gasteiger partial charge in [-0.15, -0.1) is 23.1 Å². The molecule has 3 nitrogen and oxygen atoms in total. The third-order valence-corrected chi connectivity index (χ3v) is 4.84. The molecule has 19 heavy (non-hydrogen) atoms. The molecule has 0 radical (unpaired) electrons. The zero-order valence-corrected chi connectivity index (χ0v) is 13.6. The van der Waals surface area contributed by atoms with Crippen molar-refractivity contribution < 1.29 is 0 Å². The highest BCUT2D eigenvalue weighted by atomic mass is 32.2. The Kier molecular flexibility index (Phi) is 5.73. The maximum absolute atomic E-state index is 4.75. The number of rotatable bonds is 8. The normalized spacial score (nSPS) is 11.8. The maximum Gasteiger partial charge on any atom is 0.194 e. The van der Waals surface area contributed by atoms with Gasteiger partial charge in [0.05, 0.1) is 5.69 Å². The Labute approximate surface area is 123 Å². The van der Waals surface area contributed by atoms with Crippen molar-refractivity contribution in [1.29, 1.82) is 0 Å². The van der Waals surface area contributed by atoms with E-state index in [0.29, 0.717) is 6.04 Å². The Morgan fingerprint density at radius 3 is 3.00 bits per heavy atom. The lowest BCUT2D eigenvalue weighted by Crippen LogP contribution is -2.22. The number of thiazole rings is 1. The van der Waals surface area contributed by atoms with Gasteiger partial charge in [0.15, 0.2) is 4.96 Å². The Balaban J connectivity index is 2.07. The number of hydrogen-bond acceptors (Lipinski definition) is 4. The van der Waals surface area contributed by atoms with E-state index >= 15 is 0 Å². The summed E-state index contributed by atoms with van der Waals surface area (Å²) in [4.78, 5) is 5.86. The van der Waals surface area contributed by atoms with Gasteiger partial charge in [-0.05, 0) is 12.2 Å². The topological polar surface area (TPSA) is 29.3 Å². The van der Waals surface area contributed by atoms with Crippen molar-refractivity contribution in [2.24, 2.45) is 0 Å². The van der Waals surface area contributed by atoms with Crippen LogP contribution >= 0.6 is 23.1 Å². The lowest BCUT2D eigenvalue weighted by molar-refractivity contribution is 0.574. The summed E-state index contributed by atoms with van der Waals surface area (Å²) in [5, 5.41) is 6.81. The molecule has 2 heterocycles. The molecule has 0 unspecified atom stereocenters. The fraction of sp³-hybridized carbons (Fsp3) is 0.643. The highest BCUT2D eigenvalue weighted by molar-refractivity contribution is 7.99. The molecule has 2 aromatic heterocycles. The molecule has 1 N–H and O–H groups in total. The first-order valence-corrected chi connectivity index (χ1v) is 8.89. The summed E-state index contributed by atoms with van der Waals surface area (Å²) in [6.07, 6.45) is 6.00. The van der Waals surface area contributed by atoms with Crippen LogP contribution in [0.3, 0.4) is 0 Å². The first kappa shape index (κ1) is 14.9. The number of fused-ring (bicyclic) bond motifs is 1. The smallest absolute Gasteiger partial charge is 0.194 e. The van der Waals surface area contributed by atoms with E-state index in [1.54, 1.807) is 11.3 Å². The minimum absolute atomic E-state index is 0.502. The van der Waals surface area contributed by atoms with Crippen LogP contribution in [0.5, 0.6) is 0 Å². The van der Waals surface area contributed by atoms with Crippen molar-refractivity contribution in [3.05, 3.63) is 17.3 Å². The summed E-state index contributed by atoms with van der Waals surface area (Å²) in [6, 6.07) is 0.502. The third-order valence-electron chi connectivity index (χ3n) is 2.99. The molecular weight excluding hydrogens is 274 g/mol. The first-order chi connectivity index (χ1) is 9.22. The first-order valence-electron chi connectivity index (χ1n) is 7.03. The lowest BCUT2D eigenvalue weighted by atomic mass is 10.3. The van der Waals surface area contributed by atoms with Crippen LogP contribution in [0.25, 0.3) is 4.96 Å². The summed E-state index contributed by atoms with van der Waals surface area (Å²) >= 11 is 3.61. The monoisotopic (exact) mass is 297 g/mol. The van der Waals surface area contributed by atoms with Crippen LogP contribution < -0.4 is 5.32 Å². The molecule has 0 atom stereocenters. The predicted molar refractivity (Wildman–Crippen MR) is 85.3 cm³/mol. The summed E-state index contributed by atoms with van der Waals surface area (Å²) in [5.41, 5.74) is 1.31. The average molecular weight is 297 g/mol. The van der Waals surface area contributed by atoms with Gasteiger partial charge >= 0.3 is 0 Å². The second-order valence-corrected chi connectivity index (χ2v) is 6.97. The van der Waals surface area contributed by atoms with Gasteiger partial charge in [-0.3, -0.25) is 4.40 Å². The van der Waals surface area contributed by atoms with Crippen LogP contribution in [0, 0.1) is 0 Å². The standard InChI is InChI=1S/C14H23N3S2/c1-4-5-6-8-18-13-12(10-15-11(2)3)17-7-9-19-14(17)16-13/h7,9,11,15H,4-6,8,10H2,1-3H3. The lowest BCUT2D eigenvalue weighted by Gasteiger charge is -2.09. The van der Waals surface area contributed by atoms with E-state index in [4.69, 9.17) is 4.98 Å². The fourth-order valence-electron chi connectivity index (χ4n) is 1.91. The van der Waals surface area contributed by atoms with Gasteiger partial charge < -0.3 is 5.32 Å². The van der Waals surface area contributed by atoms with Crippen molar-refractivity contribution in [3.63, 3.8) is 0 Å². The van der Waals surface area contributed by atoms with Crippen molar-refractivity contribution in [2.75, 3.05) is 5.75 Å². The van der Waals surface area contributed by atoms with Gasteiger partial charge in [-0.1, -0.05) is 33.6 Å². The van der Waals surface area contributed by atoms with Crippen LogP contribution in [0.1, 0.15) is 45.7 Å². The van der Waals surface area contributed by atoms with Crippen molar-refractivity contribution in [1.82, 2.24) is 14.7 Å². The number of aromatic nitrogens is 2. The number of nitrogens with one attached hydrogen (secondary N) is 1. The molecule has 0 spiro atoms. The quantitative estimate of drug-likeness (QED) is 0.585. The zero-order valence-electron chi connectivity index (χ0n) is 12.0. The summed E-state index contributed by atoms with van der Waals surface area (Å²) < 4.78 is 2.22. The second-order valence-electron chi connectivity index (χ2n) is 5.01. The van der Waals surface area contributed by atoms with Crippen molar-refractivity contribution in [3.8, 4) is 0 Å².